The minimum atomic E-state index is -1.06. The summed E-state index contributed by atoms with van der Waals surface area (Å²) in [6, 6.07) is 0. The summed E-state index contributed by atoms with van der Waals surface area (Å²) in [5, 5.41) is 12.1. The summed E-state index contributed by atoms with van der Waals surface area (Å²) < 4.78 is 3.95. The Morgan fingerprint density at radius 2 is 2.19 bits per heavy atom. The van der Waals surface area contributed by atoms with Crippen molar-refractivity contribution in [3.8, 4) is 0 Å². The zero-order valence-corrected chi connectivity index (χ0v) is 10.1. The van der Waals surface area contributed by atoms with Crippen molar-refractivity contribution in [3.05, 3.63) is 11.3 Å². The number of carbonyl (C=O) groups excluding carboxylic acids is 1. The summed E-state index contributed by atoms with van der Waals surface area (Å²) in [6.07, 6.45) is 0. The molecule has 1 amide bonds. The van der Waals surface area contributed by atoms with Crippen LogP contribution in [0.3, 0.4) is 0 Å². The van der Waals surface area contributed by atoms with Crippen molar-refractivity contribution in [1.29, 1.82) is 0 Å². The predicted molar refractivity (Wildman–Crippen MR) is 61.1 cm³/mol. The molecule has 1 aromatic heterocycles. The smallest absolute Gasteiger partial charge is 0.340 e. The van der Waals surface area contributed by atoms with Crippen LogP contribution >= 0.6 is 11.5 Å². The molecule has 2 N–H and O–H groups in total. The van der Waals surface area contributed by atoms with Crippen LogP contribution < -0.4 is 10.2 Å². The molecule has 88 valence electrons. The third kappa shape index (κ3) is 2.37. The second-order valence-electron chi connectivity index (χ2n) is 3.24. The number of aromatic carboxylic acids is 1. The average Bonchev–Trinajstić information content (AvgIpc) is 2.59. The Bertz CT molecular complexity index is 416. The van der Waals surface area contributed by atoms with Crippen LogP contribution in [0.25, 0.3) is 0 Å². The second kappa shape index (κ2) is 5.04. The molecule has 16 heavy (non-hydrogen) atoms. The normalized spacial score (nSPS) is 10.2. The molecule has 0 bridgehead atoms. The summed E-state index contributed by atoms with van der Waals surface area (Å²) in [6.45, 7) is 1.77. The van der Waals surface area contributed by atoms with Crippen molar-refractivity contribution >= 4 is 28.4 Å². The third-order valence-electron chi connectivity index (χ3n) is 2.07. The number of nitrogens with zero attached hydrogens (tertiary/aromatic N) is 2. The number of likely N-dealkylation sites (N-methyl/N-ethyl adjacent to an activating group) is 2. The van der Waals surface area contributed by atoms with Crippen LogP contribution in [0, 0.1) is 6.92 Å². The molecular weight excluding hydrogens is 230 g/mol. The Kier molecular flexibility index (Phi) is 3.97. The fourth-order valence-electron chi connectivity index (χ4n) is 1.22. The number of carbonyl (C=O) groups is 2. The number of aromatic nitrogens is 1. The number of aryl methyl sites for hydroxylation is 1. The van der Waals surface area contributed by atoms with Gasteiger partial charge in [-0.1, -0.05) is 0 Å². The first-order chi connectivity index (χ1) is 7.49. The van der Waals surface area contributed by atoms with Crippen molar-refractivity contribution in [1.82, 2.24) is 9.69 Å². The van der Waals surface area contributed by atoms with E-state index in [0.29, 0.717) is 10.7 Å². The zero-order chi connectivity index (χ0) is 12.3. The van der Waals surface area contributed by atoms with E-state index >= 15 is 0 Å². The van der Waals surface area contributed by atoms with Crippen LogP contribution in [0.5, 0.6) is 0 Å². The molecule has 0 aromatic carbocycles. The highest BCUT2D eigenvalue weighted by molar-refractivity contribution is 7.11. The fraction of sp³-hybridized carbons (Fsp3) is 0.444. The summed E-state index contributed by atoms with van der Waals surface area (Å²) in [5.41, 5.74) is 0.522. The van der Waals surface area contributed by atoms with Crippen LogP contribution in [0.1, 0.15) is 16.1 Å². The van der Waals surface area contributed by atoms with Gasteiger partial charge in [0.25, 0.3) is 0 Å². The van der Waals surface area contributed by atoms with E-state index in [1.807, 2.05) is 0 Å². The van der Waals surface area contributed by atoms with Crippen molar-refractivity contribution in [2.24, 2.45) is 0 Å². The first kappa shape index (κ1) is 12.6. The number of hydrogen-bond donors (Lipinski definition) is 2. The number of carboxylic acids is 1. The van der Waals surface area contributed by atoms with Gasteiger partial charge in [0.1, 0.15) is 10.6 Å². The molecule has 0 spiro atoms. The van der Waals surface area contributed by atoms with Gasteiger partial charge in [-0.15, -0.1) is 0 Å². The first-order valence-corrected chi connectivity index (χ1v) is 5.37. The number of anilines is 1. The van der Waals surface area contributed by atoms with E-state index in [1.54, 1.807) is 21.0 Å². The van der Waals surface area contributed by atoms with Gasteiger partial charge >= 0.3 is 5.97 Å². The van der Waals surface area contributed by atoms with Gasteiger partial charge in [-0.05, 0) is 25.5 Å². The van der Waals surface area contributed by atoms with Crippen molar-refractivity contribution in [2.45, 2.75) is 6.92 Å². The lowest BCUT2D eigenvalue weighted by atomic mass is 10.2. The van der Waals surface area contributed by atoms with E-state index < -0.39 is 5.97 Å². The molecular formula is C9H13N3O3S. The van der Waals surface area contributed by atoms with Crippen molar-refractivity contribution in [3.63, 3.8) is 0 Å². The lowest BCUT2D eigenvalue weighted by Gasteiger charge is -2.15. The van der Waals surface area contributed by atoms with Gasteiger partial charge in [-0.25, -0.2) is 4.79 Å². The molecule has 0 unspecified atom stereocenters. The maximum absolute atomic E-state index is 11.6. The Balaban J connectivity index is 3.04. The maximum atomic E-state index is 11.6. The van der Waals surface area contributed by atoms with Gasteiger partial charge in [-0.3, -0.25) is 4.79 Å². The summed E-state index contributed by atoms with van der Waals surface area (Å²) in [4.78, 5) is 23.9. The number of hydrogen-bond acceptors (Lipinski definition) is 5. The quantitative estimate of drug-likeness (QED) is 0.796. The molecule has 1 aromatic rings. The van der Waals surface area contributed by atoms with Crippen LogP contribution in [0.2, 0.25) is 0 Å². The third-order valence-corrected chi connectivity index (χ3v) is 3.08. The highest BCUT2D eigenvalue weighted by Gasteiger charge is 2.23. The van der Waals surface area contributed by atoms with Gasteiger partial charge < -0.3 is 15.3 Å². The molecule has 0 aliphatic carbocycles. The van der Waals surface area contributed by atoms with E-state index in [-0.39, 0.29) is 18.0 Å². The lowest BCUT2D eigenvalue weighted by molar-refractivity contribution is -0.117. The van der Waals surface area contributed by atoms with Crippen LogP contribution in [-0.2, 0) is 4.79 Å². The molecule has 0 fully saturated rings. The number of rotatable bonds is 4. The van der Waals surface area contributed by atoms with E-state index in [2.05, 4.69) is 9.69 Å². The average molecular weight is 243 g/mol. The molecule has 0 saturated carbocycles. The summed E-state index contributed by atoms with van der Waals surface area (Å²) in [7, 11) is 3.20. The SMILES string of the molecule is CNCC(=O)N(C)c1snc(C)c1C(=O)O. The minimum absolute atomic E-state index is 0.0944. The lowest BCUT2D eigenvalue weighted by Crippen LogP contribution is -2.34. The highest BCUT2D eigenvalue weighted by atomic mass is 32.1. The highest BCUT2D eigenvalue weighted by Crippen LogP contribution is 2.27. The van der Waals surface area contributed by atoms with Gasteiger partial charge in [0.2, 0.25) is 5.91 Å². The van der Waals surface area contributed by atoms with Crippen LogP contribution in [-0.4, -0.2) is 42.0 Å². The second-order valence-corrected chi connectivity index (χ2v) is 3.99. The standard InChI is InChI=1S/C9H13N3O3S/c1-5-7(9(14)15)8(16-11-5)12(3)6(13)4-10-2/h10H,4H2,1-3H3,(H,14,15). The van der Waals surface area contributed by atoms with Crippen LogP contribution in [0.4, 0.5) is 5.00 Å². The molecule has 6 nitrogen and oxygen atoms in total. The number of nitrogens with one attached hydrogen (secondary N) is 1. The molecule has 7 heteroatoms. The summed E-state index contributed by atoms with van der Waals surface area (Å²) >= 11 is 1.01. The zero-order valence-electron chi connectivity index (χ0n) is 9.27. The molecule has 1 heterocycles. The molecule has 0 saturated heterocycles. The Morgan fingerprint density at radius 3 is 2.69 bits per heavy atom. The molecule has 0 atom stereocenters. The monoisotopic (exact) mass is 243 g/mol. The minimum Gasteiger partial charge on any atom is -0.478 e. The van der Waals surface area contributed by atoms with E-state index in [0.717, 1.165) is 11.5 Å². The van der Waals surface area contributed by atoms with Crippen molar-refractivity contribution in [2.75, 3.05) is 25.5 Å². The van der Waals surface area contributed by atoms with Crippen LogP contribution in [0.15, 0.2) is 0 Å². The van der Waals surface area contributed by atoms with Gasteiger partial charge in [0, 0.05) is 7.05 Å². The van der Waals surface area contributed by atoms with E-state index in [9.17, 15) is 9.59 Å². The maximum Gasteiger partial charge on any atom is 0.340 e. The van der Waals surface area contributed by atoms with Gasteiger partial charge in [0.15, 0.2) is 0 Å². The molecule has 0 aliphatic heterocycles. The first-order valence-electron chi connectivity index (χ1n) is 4.59. The Hall–Kier alpha value is -1.47. The molecule has 1 rings (SSSR count). The number of carboxylic acid groups (broad SMARTS) is 1. The van der Waals surface area contributed by atoms with E-state index in [4.69, 9.17) is 5.11 Å². The Morgan fingerprint density at radius 1 is 1.56 bits per heavy atom. The molecule has 0 aliphatic rings. The Labute approximate surface area is 97.0 Å². The topological polar surface area (TPSA) is 82.5 Å². The molecule has 0 radical (unpaired) electrons. The number of amides is 1. The summed E-state index contributed by atoms with van der Waals surface area (Å²) in [5.74, 6) is -1.26. The largest absolute Gasteiger partial charge is 0.478 e. The predicted octanol–water partition coefficient (Wildman–Crippen LogP) is 0.332. The fourth-order valence-corrected chi connectivity index (χ4v) is 2.08. The van der Waals surface area contributed by atoms with E-state index in [1.165, 1.54) is 4.90 Å². The van der Waals surface area contributed by atoms with Gasteiger partial charge in [-0.2, -0.15) is 4.37 Å². The van der Waals surface area contributed by atoms with Gasteiger partial charge in [0.05, 0.1) is 12.2 Å². The van der Waals surface area contributed by atoms with Crippen molar-refractivity contribution < 1.29 is 14.7 Å².